The molecule has 3 aromatic heterocycles. The zero-order chi connectivity index (χ0) is 14.5. The Kier molecular flexibility index (Phi) is 3.92. The Labute approximate surface area is 125 Å². The maximum Gasteiger partial charge on any atom is 0.320 e. The lowest BCUT2D eigenvalue weighted by Crippen LogP contribution is -2.02. The van der Waals surface area contributed by atoms with Crippen LogP contribution in [0.5, 0.6) is 6.01 Å². The normalized spacial score (nSPS) is 10.3. The molecule has 21 heavy (non-hydrogen) atoms. The molecule has 8 heteroatoms. The molecule has 0 aliphatic rings. The summed E-state index contributed by atoms with van der Waals surface area (Å²) in [6.07, 6.45) is 5.03. The fraction of sp³-hybridized carbons (Fsp3) is 0.0769. The summed E-state index contributed by atoms with van der Waals surface area (Å²) in [6.45, 7) is 0.340. The van der Waals surface area contributed by atoms with Gasteiger partial charge in [0.15, 0.2) is 0 Å². The highest BCUT2D eigenvalue weighted by Crippen LogP contribution is 2.19. The number of aromatic nitrogens is 5. The van der Waals surface area contributed by atoms with Gasteiger partial charge in [-0.2, -0.15) is 15.1 Å². The number of halogens is 1. The van der Waals surface area contributed by atoms with Crippen LogP contribution in [-0.2, 0) is 6.61 Å². The van der Waals surface area contributed by atoms with Crippen LogP contribution in [0.3, 0.4) is 0 Å². The van der Waals surface area contributed by atoms with Crippen molar-refractivity contribution in [2.75, 3.05) is 5.32 Å². The van der Waals surface area contributed by atoms with E-state index in [-0.39, 0.29) is 11.2 Å². The molecule has 0 spiro atoms. The monoisotopic (exact) mass is 302 g/mol. The van der Waals surface area contributed by atoms with Crippen LogP contribution in [0.1, 0.15) is 5.56 Å². The molecule has 7 nitrogen and oxygen atoms in total. The van der Waals surface area contributed by atoms with Gasteiger partial charge >= 0.3 is 6.01 Å². The van der Waals surface area contributed by atoms with Crippen molar-refractivity contribution in [3.05, 3.63) is 53.6 Å². The molecule has 3 heterocycles. The van der Waals surface area contributed by atoms with Crippen molar-refractivity contribution in [1.29, 1.82) is 0 Å². The van der Waals surface area contributed by atoms with E-state index in [2.05, 4.69) is 30.5 Å². The fourth-order valence-electron chi connectivity index (χ4n) is 1.62. The minimum atomic E-state index is 0.196. The van der Waals surface area contributed by atoms with E-state index in [0.717, 1.165) is 5.56 Å². The molecular formula is C13H11ClN6O. The molecule has 0 fully saturated rings. The summed E-state index contributed by atoms with van der Waals surface area (Å²) in [4.78, 5) is 12.2. The molecule has 3 aromatic rings. The lowest BCUT2D eigenvalue weighted by atomic mass is 10.3. The third-order valence-corrected chi connectivity index (χ3v) is 2.75. The summed E-state index contributed by atoms with van der Waals surface area (Å²) < 4.78 is 5.53. The van der Waals surface area contributed by atoms with E-state index in [1.807, 2.05) is 12.1 Å². The molecular weight excluding hydrogens is 292 g/mol. The Balaban J connectivity index is 1.72. The smallest absolute Gasteiger partial charge is 0.320 e. The molecule has 0 atom stereocenters. The van der Waals surface area contributed by atoms with Gasteiger partial charge in [-0.3, -0.25) is 10.1 Å². The third-order valence-electron chi connectivity index (χ3n) is 2.56. The second-order valence-electron chi connectivity index (χ2n) is 4.10. The van der Waals surface area contributed by atoms with Crippen LogP contribution in [0.2, 0.25) is 5.15 Å². The first-order chi connectivity index (χ1) is 10.3. The summed E-state index contributed by atoms with van der Waals surface area (Å²) in [7, 11) is 0. The number of hydrogen-bond acceptors (Lipinski definition) is 6. The first-order valence-corrected chi connectivity index (χ1v) is 6.50. The van der Waals surface area contributed by atoms with Gasteiger partial charge < -0.3 is 10.1 Å². The number of nitrogens with zero attached hydrogens (tertiary/aromatic N) is 4. The molecule has 0 radical (unpaired) electrons. The highest BCUT2D eigenvalue weighted by Gasteiger charge is 2.06. The van der Waals surface area contributed by atoms with Crippen molar-refractivity contribution in [3.8, 4) is 6.01 Å². The lowest BCUT2D eigenvalue weighted by Gasteiger charge is -2.07. The van der Waals surface area contributed by atoms with Crippen molar-refractivity contribution >= 4 is 23.2 Å². The van der Waals surface area contributed by atoms with Gasteiger partial charge in [0, 0.05) is 24.5 Å². The molecule has 0 unspecified atom stereocenters. The standard InChI is InChI=1S/C13H11ClN6O/c14-10-7-12(18-11-3-6-16-20-11)19-13(17-10)21-8-9-1-4-15-5-2-9/h1-7H,8H2,(H2,16,17,18,19,20). The van der Waals surface area contributed by atoms with Gasteiger partial charge in [-0.25, -0.2) is 0 Å². The molecule has 0 amide bonds. The number of ether oxygens (including phenoxy) is 1. The predicted octanol–water partition coefficient (Wildman–Crippen LogP) is 2.57. The van der Waals surface area contributed by atoms with E-state index in [0.29, 0.717) is 18.2 Å². The predicted molar refractivity (Wildman–Crippen MR) is 77.5 cm³/mol. The van der Waals surface area contributed by atoms with Crippen LogP contribution < -0.4 is 10.1 Å². The number of hydrogen-bond donors (Lipinski definition) is 2. The van der Waals surface area contributed by atoms with E-state index in [9.17, 15) is 0 Å². The Bertz CT molecular complexity index is 704. The number of pyridine rings is 1. The first-order valence-electron chi connectivity index (χ1n) is 6.12. The van der Waals surface area contributed by atoms with Gasteiger partial charge in [0.25, 0.3) is 0 Å². The second-order valence-corrected chi connectivity index (χ2v) is 4.49. The number of anilines is 2. The molecule has 0 aliphatic heterocycles. The molecule has 0 bridgehead atoms. The average Bonchev–Trinajstić information content (AvgIpc) is 2.99. The lowest BCUT2D eigenvalue weighted by molar-refractivity contribution is 0.281. The minimum absolute atomic E-state index is 0.196. The van der Waals surface area contributed by atoms with Crippen molar-refractivity contribution in [2.24, 2.45) is 0 Å². The van der Waals surface area contributed by atoms with Gasteiger partial charge in [0.2, 0.25) is 0 Å². The number of H-pyrrole nitrogens is 1. The Morgan fingerprint density at radius 3 is 2.76 bits per heavy atom. The summed E-state index contributed by atoms with van der Waals surface area (Å²) in [6, 6.07) is 7.28. The van der Waals surface area contributed by atoms with Gasteiger partial charge in [0.1, 0.15) is 23.4 Å². The molecule has 0 aliphatic carbocycles. The van der Waals surface area contributed by atoms with Crippen LogP contribution >= 0.6 is 11.6 Å². The average molecular weight is 303 g/mol. The maximum atomic E-state index is 5.96. The Morgan fingerprint density at radius 1 is 1.14 bits per heavy atom. The SMILES string of the molecule is Clc1cc(Nc2ccn[nH]2)nc(OCc2ccncc2)n1. The molecule has 0 aromatic carbocycles. The Morgan fingerprint density at radius 2 is 2.00 bits per heavy atom. The molecule has 3 rings (SSSR count). The molecule has 0 saturated heterocycles. The third kappa shape index (κ3) is 3.67. The highest BCUT2D eigenvalue weighted by molar-refractivity contribution is 6.29. The summed E-state index contributed by atoms with van der Waals surface area (Å²) in [5.74, 6) is 1.22. The second kappa shape index (κ2) is 6.19. The van der Waals surface area contributed by atoms with Crippen molar-refractivity contribution in [3.63, 3.8) is 0 Å². The number of rotatable bonds is 5. The number of nitrogens with one attached hydrogen (secondary N) is 2. The van der Waals surface area contributed by atoms with Gasteiger partial charge in [0.05, 0.1) is 6.20 Å². The molecule has 2 N–H and O–H groups in total. The summed E-state index contributed by atoms with van der Waals surface area (Å²) >= 11 is 5.96. The minimum Gasteiger partial charge on any atom is -0.459 e. The van der Waals surface area contributed by atoms with Gasteiger partial charge in [-0.05, 0) is 17.7 Å². The van der Waals surface area contributed by atoms with Crippen LogP contribution in [0.15, 0.2) is 42.9 Å². The van der Waals surface area contributed by atoms with Crippen LogP contribution in [0.4, 0.5) is 11.6 Å². The largest absolute Gasteiger partial charge is 0.459 e. The van der Waals surface area contributed by atoms with Crippen LogP contribution in [-0.4, -0.2) is 25.1 Å². The molecule has 0 saturated carbocycles. The van der Waals surface area contributed by atoms with Crippen LogP contribution in [0.25, 0.3) is 0 Å². The summed E-state index contributed by atoms with van der Waals surface area (Å²) in [5, 5.41) is 9.92. The number of aromatic amines is 1. The van der Waals surface area contributed by atoms with Gasteiger partial charge in [-0.1, -0.05) is 11.6 Å². The molecule has 106 valence electrons. The van der Waals surface area contributed by atoms with Crippen molar-refractivity contribution in [1.82, 2.24) is 25.1 Å². The zero-order valence-electron chi connectivity index (χ0n) is 10.8. The van der Waals surface area contributed by atoms with E-state index >= 15 is 0 Å². The van der Waals surface area contributed by atoms with E-state index in [4.69, 9.17) is 16.3 Å². The van der Waals surface area contributed by atoms with Gasteiger partial charge in [-0.15, -0.1) is 0 Å². The Hall–Kier alpha value is -2.67. The van der Waals surface area contributed by atoms with Crippen molar-refractivity contribution < 1.29 is 4.74 Å². The zero-order valence-corrected chi connectivity index (χ0v) is 11.6. The van der Waals surface area contributed by atoms with Crippen molar-refractivity contribution in [2.45, 2.75) is 6.61 Å². The van der Waals surface area contributed by atoms with E-state index < -0.39 is 0 Å². The topological polar surface area (TPSA) is 88.6 Å². The summed E-state index contributed by atoms with van der Waals surface area (Å²) in [5.41, 5.74) is 0.969. The van der Waals surface area contributed by atoms with Crippen LogP contribution in [0, 0.1) is 0 Å². The van der Waals surface area contributed by atoms with E-state index in [1.165, 1.54) is 0 Å². The fourth-order valence-corrected chi connectivity index (χ4v) is 1.79. The maximum absolute atomic E-state index is 5.96. The highest BCUT2D eigenvalue weighted by atomic mass is 35.5. The van der Waals surface area contributed by atoms with E-state index in [1.54, 1.807) is 30.7 Å². The quantitative estimate of drug-likeness (QED) is 0.704. The first kappa shape index (κ1) is 13.3.